The third kappa shape index (κ3) is 4.31. The lowest BCUT2D eigenvalue weighted by molar-refractivity contribution is -0.133. The molecule has 0 aromatic heterocycles. The van der Waals surface area contributed by atoms with Crippen molar-refractivity contribution in [3.63, 3.8) is 0 Å². The standard InChI is InChI=1S/C16H19BrN2O4/c1-16(2,3)23-15(22)19-9-8-18(10-13(19)20)14(21)11-6-4-5-7-12(11)17/h4-7H,8-10H2,1-3H3. The molecule has 0 atom stereocenters. The molecular formula is C16H19BrN2O4. The number of amides is 3. The van der Waals surface area contributed by atoms with Gasteiger partial charge < -0.3 is 9.64 Å². The summed E-state index contributed by atoms with van der Waals surface area (Å²) in [6.45, 7) is 5.49. The Kier molecular flexibility index (Phi) is 5.09. The summed E-state index contributed by atoms with van der Waals surface area (Å²) in [7, 11) is 0. The van der Waals surface area contributed by atoms with Crippen molar-refractivity contribution in [1.29, 1.82) is 0 Å². The molecule has 0 radical (unpaired) electrons. The number of hydrogen-bond acceptors (Lipinski definition) is 4. The maximum absolute atomic E-state index is 12.5. The predicted molar refractivity (Wildman–Crippen MR) is 88.0 cm³/mol. The maximum Gasteiger partial charge on any atom is 0.417 e. The number of halogens is 1. The molecule has 1 aromatic carbocycles. The monoisotopic (exact) mass is 382 g/mol. The molecule has 1 fully saturated rings. The molecule has 0 N–H and O–H groups in total. The van der Waals surface area contributed by atoms with Crippen LogP contribution in [0.15, 0.2) is 28.7 Å². The minimum absolute atomic E-state index is 0.129. The summed E-state index contributed by atoms with van der Waals surface area (Å²) in [5.41, 5.74) is -0.176. The number of benzene rings is 1. The lowest BCUT2D eigenvalue weighted by Crippen LogP contribution is -2.55. The van der Waals surface area contributed by atoms with E-state index in [1.54, 1.807) is 39.0 Å². The Morgan fingerprint density at radius 1 is 1.17 bits per heavy atom. The van der Waals surface area contributed by atoms with Gasteiger partial charge in [-0.2, -0.15) is 0 Å². The molecule has 7 heteroatoms. The van der Waals surface area contributed by atoms with E-state index in [4.69, 9.17) is 4.74 Å². The van der Waals surface area contributed by atoms with Crippen molar-refractivity contribution < 1.29 is 19.1 Å². The summed E-state index contributed by atoms with van der Waals surface area (Å²) >= 11 is 3.33. The smallest absolute Gasteiger partial charge is 0.417 e. The van der Waals surface area contributed by atoms with E-state index in [0.717, 1.165) is 4.90 Å². The molecule has 23 heavy (non-hydrogen) atoms. The second kappa shape index (κ2) is 6.70. The van der Waals surface area contributed by atoms with E-state index in [2.05, 4.69) is 15.9 Å². The number of carbonyl (C=O) groups is 3. The van der Waals surface area contributed by atoms with Crippen LogP contribution in [0.3, 0.4) is 0 Å². The molecule has 1 heterocycles. The Morgan fingerprint density at radius 2 is 1.83 bits per heavy atom. The molecule has 6 nitrogen and oxygen atoms in total. The highest BCUT2D eigenvalue weighted by atomic mass is 79.9. The fourth-order valence-electron chi connectivity index (χ4n) is 2.16. The van der Waals surface area contributed by atoms with Crippen LogP contribution >= 0.6 is 15.9 Å². The number of rotatable bonds is 1. The Balaban J connectivity index is 2.04. The second-order valence-electron chi connectivity index (χ2n) is 6.23. The molecule has 3 amide bonds. The first-order valence-corrected chi connectivity index (χ1v) is 8.05. The second-order valence-corrected chi connectivity index (χ2v) is 7.09. The summed E-state index contributed by atoms with van der Waals surface area (Å²) in [4.78, 5) is 39.1. The van der Waals surface area contributed by atoms with Crippen LogP contribution in [-0.2, 0) is 9.53 Å². The number of nitrogens with zero attached hydrogens (tertiary/aromatic N) is 2. The molecular weight excluding hydrogens is 364 g/mol. The Hall–Kier alpha value is -1.89. The molecule has 2 rings (SSSR count). The van der Waals surface area contributed by atoms with Gasteiger partial charge in [0.25, 0.3) is 11.8 Å². The fourth-order valence-corrected chi connectivity index (χ4v) is 2.62. The van der Waals surface area contributed by atoms with Crippen LogP contribution in [0.2, 0.25) is 0 Å². The van der Waals surface area contributed by atoms with E-state index in [1.165, 1.54) is 4.90 Å². The Morgan fingerprint density at radius 3 is 2.39 bits per heavy atom. The molecule has 0 spiro atoms. The van der Waals surface area contributed by atoms with E-state index in [1.807, 2.05) is 6.07 Å². The van der Waals surface area contributed by atoms with E-state index < -0.39 is 17.6 Å². The molecule has 0 aliphatic carbocycles. The van der Waals surface area contributed by atoms with Gasteiger partial charge in [0.15, 0.2) is 0 Å². The lowest BCUT2D eigenvalue weighted by Gasteiger charge is -2.34. The van der Waals surface area contributed by atoms with Gasteiger partial charge in [-0.25, -0.2) is 9.69 Å². The van der Waals surface area contributed by atoms with E-state index in [-0.39, 0.29) is 25.5 Å². The number of ether oxygens (including phenoxy) is 1. The molecule has 0 unspecified atom stereocenters. The van der Waals surface area contributed by atoms with Crippen molar-refractivity contribution in [3.8, 4) is 0 Å². The largest absolute Gasteiger partial charge is 0.443 e. The first-order valence-electron chi connectivity index (χ1n) is 7.26. The first-order chi connectivity index (χ1) is 10.7. The van der Waals surface area contributed by atoms with Gasteiger partial charge in [-0.05, 0) is 48.8 Å². The molecule has 0 bridgehead atoms. The topological polar surface area (TPSA) is 66.9 Å². The summed E-state index contributed by atoms with van der Waals surface area (Å²) in [5, 5.41) is 0. The van der Waals surface area contributed by atoms with Gasteiger partial charge in [0.2, 0.25) is 0 Å². The number of piperazine rings is 1. The molecule has 0 saturated carbocycles. The third-order valence-corrected chi connectivity index (χ3v) is 3.92. The van der Waals surface area contributed by atoms with Crippen molar-refractivity contribution in [2.75, 3.05) is 19.6 Å². The van der Waals surface area contributed by atoms with Crippen LogP contribution in [-0.4, -0.2) is 52.9 Å². The zero-order valence-corrected chi connectivity index (χ0v) is 14.9. The van der Waals surface area contributed by atoms with Crippen molar-refractivity contribution in [3.05, 3.63) is 34.3 Å². The number of imide groups is 1. The number of carbonyl (C=O) groups excluding carboxylic acids is 3. The summed E-state index contributed by atoms with van der Waals surface area (Å²) in [6.07, 6.45) is -0.671. The highest BCUT2D eigenvalue weighted by Crippen LogP contribution is 2.19. The Labute approximate surface area is 143 Å². The lowest BCUT2D eigenvalue weighted by atomic mass is 10.2. The van der Waals surface area contributed by atoms with Crippen LogP contribution in [0, 0.1) is 0 Å². The first kappa shape index (κ1) is 17.5. The predicted octanol–water partition coefficient (Wildman–Crippen LogP) is 2.67. The van der Waals surface area contributed by atoms with Gasteiger partial charge in [0, 0.05) is 17.6 Å². The maximum atomic E-state index is 12.5. The molecule has 1 aliphatic heterocycles. The molecule has 1 aromatic rings. The average Bonchev–Trinajstić information content (AvgIpc) is 2.45. The quantitative estimate of drug-likeness (QED) is 0.748. The normalized spacial score (nSPS) is 15.6. The van der Waals surface area contributed by atoms with Crippen LogP contribution in [0.1, 0.15) is 31.1 Å². The van der Waals surface area contributed by atoms with Crippen molar-refractivity contribution in [2.24, 2.45) is 0 Å². The van der Waals surface area contributed by atoms with Gasteiger partial charge >= 0.3 is 6.09 Å². The SMILES string of the molecule is CC(C)(C)OC(=O)N1CCN(C(=O)c2ccccc2Br)CC1=O. The van der Waals surface area contributed by atoms with Crippen LogP contribution < -0.4 is 0 Å². The summed E-state index contributed by atoms with van der Waals surface area (Å²) in [5.74, 6) is -0.680. The van der Waals surface area contributed by atoms with Crippen molar-refractivity contribution >= 4 is 33.8 Å². The van der Waals surface area contributed by atoms with E-state index in [0.29, 0.717) is 10.0 Å². The van der Waals surface area contributed by atoms with Crippen molar-refractivity contribution in [2.45, 2.75) is 26.4 Å². The van der Waals surface area contributed by atoms with Gasteiger partial charge in [-0.15, -0.1) is 0 Å². The summed E-state index contributed by atoms with van der Waals surface area (Å²) < 4.78 is 5.88. The minimum Gasteiger partial charge on any atom is -0.443 e. The zero-order valence-electron chi connectivity index (χ0n) is 13.3. The number of hydrogen-bond donors (Lipinski definition) is 0. The average molecular weight is 383 g/mol. The third-order valence-electron chi connectivity index (χ3n) is 3.23. The van der Waals surface area contributed by atoms with Crippen molar-refractivity contribution in [1.82, 2.24) is 9.80 Å². The summed E-state index contributed by atoms with van der Waals surface area (Å²) in [6, 6.07) is 7.03. The van der Waals surface area contributed by atoms with E-state index >= 15 is 0 Å². The van der Waals surface area contributed by atoms with Gasteiger partial charge in [-0.3, -0.25) is 9.59 Å². The highest BCUT2D eigenvalue weighted by Gasteiger charge is 2.34. The minimum atomic E-state index is -0.671. The van der Waals surface area contributed by atoms with Crippen LogP contribution in [0.5, 0.6) is 0 Å². The Bertz CT molecular complexity index is 639. The zero-order chi connectivity index (χ0) is 17.2. The highest BCUT2D eigenvalue weighted by molar-refractivity contribution is 9.10. The van der Waals surface area contributed by atoms with Gasteiger partial charge in [-0.1, -0.05) is 12.1 Å². The molecule has 124 valence electrons. The molecule has 1 saturated heterocycles. The fraction of sp³-hybridized carbons (Fsp3) is 0.438. The van der Waals surface area contributed by atoms with Gasteiger partial charge in [0.1, 0.15) is 12.1 Å². The van der Waals surface area contributed by atoms with Gasteiger partial charge in [0.05, 0.1) is 5.56 Å². The molecule has 1 aliphatic rings. The van der Waals surface area contributed by atoms with Crippen LogP contribution in [0.4, 0.5) is 4.79 Å². The van der Waals surface area contributed by atoms with Crippen LogP contribution in [0.25, 0.3) is 0 Å². The van der Waals surface area contributed by atoms with E-state index in [9.17, 15) is 14.4 Å².